The second-order valence-electron chi connectivity index (χ2n) is 7.40. The number of hydrogen-bond donors (Lipinski definition) is 2. The van der Waals surface area contributed by atoms with Gasteiger partial charge in [-0.1, -0.05) is 0 Å². The second kappa shape index (κ2) is 8.10. The predicted octanol–water partition coefficient (Wildman–Crippen LogP) is 0.671. The molecule has 1 aromatic heterocycles. The fourth-order valence-electron chi connectivity index (χ4n) is 3.61. The van der Waals surface area contributed by atoms with E-state index in [0.717, 1.165) is 0 Å². The number of nitrogens with one attached hydrogen (secondary N) is 1. The van der Waals surface area contributed by atoms with E-state index in [1.807, 2.05) is 6.92 Å². The van der Waals surface area contributed by atoms with E-state index < -0.39 is 12.1 Å². The molecule has 0 saturated heterocycles. The number of nitrogens with zero attached hydrogens (tertiary/aromatic N) is 3. The van der Waals surface area contributed by atoms with Crippen LogP contribution in [0, 0.1) is 5.92 Å². The normalized spacial score (nSPS) is 22.1. The Morgan fingerprint density at radius 1 is 1.36 bits per heavy atom. The molecule has 150 valence electrons. The molecule has 0 spiro atoms. The van der Waals surface area contributed by atoms with Gasteiger partial charge in [-0.05, 0) is 44.4 Å². The fourth-order valence-corrected chi connectivity index (χ4v) is 3.61. The average Bonchev–Trinajstić information content (AvgIpc) is 2.70. The first-order valence-electron chi connectivity index (χ1n) is 9.51. The van der Waals surface area contributed by atoms with Crippen LogP contribution in [-0.2, 0) is 11.8 Å². The maximum absolute atomic E-state index is 12.6. The topological polar surface area (TPSA) is 105 Å². The summed E-state index contributed by atoms with van der Waals surface area (Å²) < 4.78 is 1.38. The number of hydrogen-bond acceptors (Lipinski definition) is 5. The zero-order valence-electron chi connectivity index (χ0n) is 16.4. The lowest BCUT2D eigenvalue weighted by molar-refractivity contribution is -0.136. The van der Waals surface area contributed by atoms with E-state index in [1.54, 1.807) is 37.2 Å². The zero-order chi connectivity index (χ0) is 20.4. The highest BCUT2D eigenvalue weighted by atomic mass is 16.3. The molecule has 3 atom stereocenters. The zero-order valence-corrected chi connectivity index (χ0v) is 16.4. The first kappa shape index (κ1) is 20.0. The average molecular weight is 386 g/mol. The van der Waals surface area contributed by atoms with Gasteiger partial charge in [0.25, 0.3) is 11.5 Å². The number of carbonyl (C=O) groups is 2. The third kappa shape index (κ3) is 3.91. The van der Waals surface area contributed by atoms with Crippen LogP contribution in [0.15, 0.2) is 29.3 Å². The van der Waals surface area contributed by atoms with Gasteiger partial charge in [-0.2, -0.15) is 0 Å². The van der Waals surface area contributed by atoms with Gasteiger partial charge >= 0.3 is 0 Å². The third-order valence-corrected chi connectivity index (χ3v) is 5.51. The van der Waals surface area contributed by atoms with E-state index in [9.17, 15) is 19.5 Å². The summed E-state index contributed by atoms with van der Waals surface area (Å²) in [5.74, 6) is -0.508. The van der Waals surface area contributed by atoms with Crippen molar-refractivity contribution >= 4 is 22.7 Å². The number of rotatable bonds is 4. The lowest BCUT2D eigenvalue weighted by Crippen LogP contribution is -2.49. The number of fused-ring (bicyclic) bond motifs is 1. The predicted molar refractivity (Wildman–Crippen MR) is 105 cm³/mol. The highest BCUT2D eigenvalue weighted by Crippen LogP contribution is 2.26. The number of aliphatic hydroxyl groups is 1. The van der Waals surface area contributed by atoms with E-state index in [1.165, 1.54) is 10.9 Å². The van der Waals surface area contributed by atoms with Crippen LogP contribution >= 0.6 is 0 Å². The third-order valence-electron chi connectivity index (χ3n) is 5.51. The molecule has 1 heterocycles. The van der Waals surface area contributed by atoms with Gasteiger partial charge in [-0.15, -0.1) is 0 Å². The van der Waals surface area contributed by atoms with E-state index >= 15 is 0 Å². The minimum Gasteiger partial charge on any atom is -0.391 e. The Balaban J connectivity index is 1.68. The van der Waals surface area contributed by atoms with Gasteiger partial charge in [0.2, 0.25) is 5.91 Å². The lowest BCUT2D eigenvalue weighted by Gasteiger charge is -2.34. The smallest absolute Gasteiger partial charge is 0.260 e. The molecule has 1 saturated carbocycles. The molecule has 2 amide bonds. The molecule has 1 aliphatic carbocycles. The van der Waals surface area contributed by atoms with Gasteiger partial charge in [0.1, 0.15) is 0 Å². The van der Waals surface area contributed by atoms with Crippen molar-refractivity contribution in [2.24, 2.45) is 13.0 Å². The molecule has 1 fully saturated rings. The van der Waals surface area contributed by atoms with Crippen molar-refractivity contribution in [1.82, 2.24) is 19.8 Å². The lowest BCUT2D eigenvalue weighted by atomic mass is 9.83. The monoisotopic (exact) mass is 386 g/mol. The molecule has 8 nitrogen and oxygen atoms in total. The minimum absolute atomic E-state index is 0.0357. The summed E-state index contributed by atoms with van der Waals surface area (Å²) in [7, 11) is 3.37. The summed E-state index contributed by atoms with van der Waals surface area (Å²) in [4.78, 5) is 42.8. The fraction of sp³-hybridized carbons (Fsp3) is 0.500. The quantitative estimate of drug-likeness (QED) is 0.804. The summed E-state index contributed by atoms with van der Waals surface area (Å²) in [5, 5.41) is 13.7. The number of aryl methyl sites for hydroxylation is 1. The minimum atomic E-state index is -0.775. The highest BCUT2D eigenvalue weighted by Gasteiger charge is 2.34. The van der Waals surface area contributed by atoms with Gasteiger partial charge in [0.05, 0.1) is 29.4 Å². The summed E-state index contributed by atoms with van der Waals surface area (Å²) in [6.07, 6.45) is 2.14. The molecule has 0 unspecified atom stereocenters. The van der Waals surface area contributed by atoms with Crippen molar-refractivity contribution < 1.29 is 14.7 Å². The molecular formula is C20H26N4O4. The number of aromatic nitrogens is 2. The van der Waals surface area contributed by atoms with Crippen LogP contribution in [0.4, 0.5) is 0 Å². The largest absolute Gasteiger partial charge is 0.391 e. The van der Waals surface area contributed by atoms with Crippen LogP contribution in [0.25, 0.3) is 10.9 Å². The van der Waals surface area contributed by atoms with E-state index in [4.69, 9.17) is 0 Å². The Labute approximate surface area is 163 Å². The molecule has 1 aromatic carbocycles. The van der Waals surface area contributed by atoms with Crippen molar-refractivity contribution in [3.05, 3.63) is 40.4 Å². The Bertz CT molecular complexity index is 955. The van der Waals surface area contributed by atoms with Gasteiger partial charge < -0.3 is 19.9 Å². The summed E-state index contributed by atoms with van der Waals surface area (Å²) >= 11 is 0. The van der Waals surface area contributed by atoms with Gasteiger partial charge in [0.15, 0.2) is 0 Å². The molecule has 3 rings (SSSR count). The van der Waals surface area contributed by atoms with Crippen LogP contribution in [0.3, 0.4) is 0 Å². The van der Waals surface area contributed by atoms with Crippen molar-refractivity contribution in [2.45, 2.75) is 38.3 Å². The summed E-state index contributed by atoms with van der Waals surface area (Å²) in [6, 6.07) is 4.34. The summed E-state index contributed by atoms with van der Waals surface area (Å²) in [6.45, 7) is 2.54. The second-order valence-corrected chi connectivity index (χ2v) is 7.40. The number of amides is 2. The van der Waals surface area contributed by atoms with Crippen molar-refractivity contribution in [3.8, 4) is 0 Å². The number of carbonyl (C=O) groups excluding carboxylic acids is 2. The van der Waals surface area contributed by atoms with Crippen molar-refractivity contribution in [3.63, 3.8) is 0 Å². The van der Waals surface area contributed by atoms with E-state index in [2.05, 4.69) is 10.3 Å². The molecule has 0 aliphatic heterocycles. The number of benzene rings is 1. The first-order valence-corrected chi connectivity index (χ1v) is 9.51. The highest BCUT2D eigenvalue weighted by molar-refractivity contribution is 5.97. The Kier molecular flexibility index (Phi) is 5.79. The molecule has 1 aliphatic rings. The van der Waals surface area contributed by atoms with E-state index in [0.29, 0.717) is 42.3 Å². The van der Waals surface area contributed by atoms with Crippen LogP contribution in [-0.4, -0.2) is 57.1 Å². The molecule has 28 heavy (non-hydrogen) atoms. The Morgan fingerprint density at radius 3 is 2.79 bits per heavy atom. The molecule has 8 heteroatoms. The van der Waals surface area contributed by atoms with Gasteiger partial charge in [0, 0.05) is 32.1 Å². The molecule has 2 N–H and O–H groups in total. The van der Waals surface area contributed by atoms with Crippen LogP contribution in [0.5, 0.6) is 0 Å². The maximum atomic E-state index is 12.6. The Hall–Kier alpha value is -2.74. The van der Waals surface area contributed by atoms with Gasteiger partial charge in [-0.25, -0.2) is 4.98 Å². The van der Waals surface area contributed by atoms with Crippen LogP contribution in [0.2, 0.25) is 0 Å². The molecule has 0 bridgehead atoms. The standard InChI is InChI=1S/C20H26N4O4/c1-4-23(2)19(27)13-6-8-15(17(25)10-13)22-18(26)12-5-7-14-16(9-12)21-11-24(3)20(14)28/h5,7,9,11,13,15,17,25H,4,6,8,10H2,1-3H3,(H,22,26)/t13-,15-,17-/m0/s1. The maximum Gasteiger partial charge on any atom is 0.260 e. The first-order chi connectivity index (χ1) is 13.3. The van der Waals surface area contributed by atoms with Crippen molar-refractivity contribution in [2.75, 3.05) is 13.6 Å². The SMILES string of the molecule is CCN(C)C(=O)[C@H]1CC[C@H](NC(=O)c2ccc3c(=O)n(C)cnc3c2)[C@@H](O)C1. The summed E-state index contributed by atoms with van der Waals surface area (Å²) in [5.41, 5.74) is 0.657. The van der Waals surface area contributed by atoms with E-state index in [-0.39, 0.29) is 23.3 Å². The Morgan fingerprint density at radius 2 is 2.11 bits per heavy atom. The number of aliphatic hydroxyl groups excluding tert-OH is 1. The molecule has 2 aromatic rings. The van der Waals surface area contributed by atoms with Crippen molar-refractivity contribution in [1.29, 1.82) is 0 Å². The van der Waals surface area contributed by atoms with Gasteiger partial charge in [-0.3, -0.25) is 14.4 Å². The van der Waals surface area contributed by atoms with Crippen LogP contribution < -0.4 is 10.9 Å². The molecule has 0 radical (unpaired) electrons. The van der Waals surface area contributed by atoms with Crippen LogP contribution in [0.1, 0.15) is 36.5 Å². The molecular weight excluding hydrogens is 360 g/mol.